The van der Waals surface area contributed by atoms with Crippen LogP contribution in [0.25, 0.3) is 0 Å². The molecule has 1 aliphatic rings. The lowest BCUT2D eigenvalue weighted by Gasteiger charge is -2.32. The number of benzene rings is 1. The molecule has 1 saturated heterocycles. The third kappa shape index (κ3) is 5.52. The van der Waals surface area contributed by atoms with Crippen molar-refractivity contribution < 1.29 is 14.3 Å². The van der Waals surface area contributed by atoms with Gasteiger partial charge < -0.3 is 15.4 Å². The first-order valence-corrected chi connectivity index (χ1v) is 9.01. The number of rotatable bonds is 5. The summed E-state index contributed by atoms with van der Waals surface area (Å²) in [5.74, 6) is -0.399. The summed E-state index contributed by atoms with van der Waals surface area (Å²) in [7, 11) is 1.34. The van der Waals surface area contributed by atoms with Gasteiger partial charge in [0, 0.05) is 43.8 Å². The lowest BCUT2D eigenvalue weighted by molar-refractivity contribution is 0.0600. The van der Waals surface area contributed by atoms with Gasteiger partial charge in [0.1, 0.15) is 0 Å². The standard InChI is InChI=1S/C20H24N4O3/c1-27-19(25)16-4-6-17(7-5-16)22-20(26)23-18-8-11-24(12-9-18)14-15-3-2-10-21-13-15/h2-7,10,13,18H,8-9,11-12,14H2,1H3,(H2,22,23,26). The molecule has 1 aromatic heterocycles. The minimum atomic E-state index is -0.399. The van der Waals surface area contributed by atoms with E-state index in [1.807, 2.05) is 12.3 Å². The third-order valence-corrected chi connectivity index (χ3v) is 4.62. The summed E-state index contributed by atoms with van der Waals surface area (Å²) < 4.78 is 4.66. The minimum absolute atomic E-state index is 0.157. The Bertz CT molecular complexity index is 757. The van der Waals surface area contributed by atoms with Gasteiger partial charge >= 0.3 is 12.0 Å². The molecule has 1 fully saturated rings. The second-order valence-corrected chi connectivity index (χ2v) is 6.58. The van der Waals surface area contributed by atoms with Crippen molar-refractivity contribution in [2.24, 2.45) is 0 Å². The van der Waals surface area contributed by atoms with Gasteiger partial charge in [-0.15, -0.1) is 0 Å². The van der Waals surface area contributed by atoms with Crippen molar-refractivity contribution in [1.82, 2.24) is 15.2 Å². The van der Waals surface area contributed by atoms with E-state index in [4.69, 9.17) is 0 Å². The van der Waals surface area contributed by atoms with Crippen LogP contribution in [0.5, 0.6) is 0 Å². The quantitative estimate of drug-likeness (QED) is 0.793. The Morgan fingerprint density at radius 1 is 1.19 bits per heavy atom. The molecule has 0 bridgehead atoms. The highest BCUT2D eigenvalue weighted by atomic mass is 16.5. The van der Waals surface area contributed by atoms with Gasteiger partial charge in [-0.25, -0.2) is 9.59 Å². The molecule has 0 saturated carbocycles. The van der Waals surface area contributed by atoms with Crippen molar-refractivity contribution in [2.45, 2.75) is 25.4 Å². The van der Waals surface area contributed by atoms with Gasteiger partial charge in [-0.3, -0.25) is 9.88 Å². The zero-order valence-electron chi connectivity index (χ0n) is 15.4. The van der Waals surface area contributed by atoms with Gasteiger partial charge in [-0.05, 0) is 48.7 Å². The van der Waals surface area contributed by atoms with Crippen LogP contribution in [0.1, 0.15) is 28.8 Å². The number of esters is 1. The zero-order chi connectivity index (χ0) is 19.1. The second kappa shape index (κ2) is 9.14. The molecule has 3 rings (SSSR count). The first-order valence-electron chi connectivity index (χ1n) is 9.01. The number of hydrogen-bond donors (Lipinski definition) is 2. The number of piperidine rings is 1. The van der Waals surface area contributed by atoms with Gasteiger partial charge in [0.05, 0.1) is 12.7 Å². The molecule has 0 aliphatic carbocycles. The van der Waals surface area contributed by atoms with Crippen LogP contribution in [-0.4, -0.2) is 48.1 Å². The molecule has 2 N–H and O–H groups in total. The normalized spacial score (nSPS) is 15.1. The molecule has 0 spiro atoms. The minimum Gasteiger partial charge on any atom is -0.465 e. The maximum absolute atomic E-state index is 12.2. The number of urea groups is 1. The number of carbonyl (C=O) groups excluding carboxylic acids is 2. The van der Waals surface area contributed by atoms with E-state index >= 15 is 0 Å². The topological polar surface area (TPSA) is 83.6 Å². The maximum Gasteiger partial charge on any atom is 0.337 e. The van der Waals surface area contributed by atoms with E-state index in [2.05, 4.69) is 31.3 Å². The number of aromatic nitrogens is 1. The maximum atomic E-state index is 12.2. The Balaban J connectivity index is 1.42. The van der Waals surface area contributed by atoms with Crippen molar-refractivity contribution in [1.29, 1.82) is 0 Å². The van der Waals surface area contributed by atoms with E-state index in [9.17, 15) is 9.59 Å². The predicted molar refractivity (Wildman–Crippen MR) is 102 cm³/mol. The number of nitrogens with one attached hydrogen (secondary N) is 2. The molecule has 7 heteroatoms. The lowest BCUT2D eigenvalue weighted by Crippen LogP contribution is -2.45. The first-order chi connectivity index (χ1) is 13.1. The van der Waals surface area contributed by atoms with Crippen LogP contribution in [0.3, 0.4) is 0 Å². The smallest absolute Gasteiger partial charge is 0.337 e. The van der Waals surface area contributed by atoms with Crippen molar-refractivity contribution >= 4 is 17.7 Å². The van der Waals surface area contributed by atoms with Crippen molar-refractivity contribution in [3.05, 3.63) is 59.9 Å². The summed E-state index contributed by atoms with van der Waals surface area (Å²) in [5.41, 5.74) is 2.29. The SMILES string of the molecule is COC(=O)c1ccc(NC(=O)NC2CCN(Cc3cccnc3)CC2)cc1. The number of anilines is 1. The molecule has 0 radical (unpaired) electrons. The summed E-state index contributed by atoms with van der Waals surface area (Å²) in [6.07, 6.45) is 5.49. The number of pyridine rings is 1. The van der Waals surface area contributed by atoms with Gasteiger partial charge in [0.25, 0.3) is 0 Å². The van der Waals surface area contributed by atoms with Gasteiger partial charge in [-0.1, -0.05) is 6.07 Å². The van der Waals surface area contributed by atoms with E-state index < -0.39 is 5.97 Å². The summed E-state index contributed by atoms with van der Waals surface area (Å²) in [5, 5.41) is 5.82. The number of carbonyl (C=O) groups is 2. The molecular weight excluding hydrogens is 344 g/mol. The molecule has 2 aromatic rings. The van der Waals surface area contributed by atoms with Crippen LogP contribution in [0, 0.1) is 0 Å². The molecule has 1 aromatic carbocycles. The van der Waals surface area contributed by atoms with E-state index in [-0.39, 0.29) is 12.1 Å². The van der Waals surface area contributed by atoms with Crippen molar-refractivity contribution in [3.63, 3.8) is 0 Å². The Labute approximate surface area is 158 Å². The average Bonchev–Trinajstić information content (AvgIpc) is 2.70. The Morgan fingerprint density at radius 2 is 1.93 bits per heavy atom. The number of nitrogens with zero attached hydrogens (tertiary/aromatic N) is 2. The number of amides is 2. The zero-order valence-corrected chi connectivity index (χ0v) is 15.4. The van der Waals surface area contributed by atoms with E-state index in [1.54, 1.807) is 30.5 Å². The van der Waals surface area contributed by atoms with Gasteiger partial charge in [0.2, 0.25) is 0 Å². The number of ether oxygens (including phenoxy) is 1. The van der Waals surface area contributed by atoms with Crippen LogP contribution >= 0.6 is 0 Å². The average molecular weight is 368 g/mol. The van der Waals surface area contributed by atoms with Crippen LogP contribution in [0.4, 0.5) is 10.5 Å². The molecule has 1 aliphatic heterocycles. The molecule has 2 heterocycles. The van der Waals surface area contributed by atoms with Crippen LogP contribution < -0.4 is 10.6 Å². The number of methoxy groups -OCH3 is 1. The summed E-state index contributed by atoms with van der Waals surface area (Å²) in [6.45, 7) is 2.76. The largest absolute Gasteiger partial charge is 0.465 e. The predicted octanol–water partition coefficient (Wildman–Crippen LogP) is 2.65. The first kappa shape index (κ1) is 18.8. The van der Waals surface area contributed by atoms with Crippen LogP contribution in [-0.2, 0) is 11.3 Å². The molecule has 0 atom stereocenters. The van der Waals surface area contributed by atoms with E-state index in [1.165, 1.54) is 12.7 Å². The van der Waals surface area contributed by atoms with E-state index in [0.29, 0.717) is 11.3 Å². The second-order valence-electron chi connectivity index (χ2n) is 6.58. The van der Waals surface area contributed by atoms with Crippen molar-refractivity contribution in [3.8, 4) is 0 Å². The Kier molecular flexibility index (Phi) is 6.38. The van der Waals surface area contributed by atoms with Gasteiger partial charge in [-0.2, -0.15) is 0 Å². The van der Waals surface area contributed by atoms with Crippen LogP contribution in [0.2, 0.25) is 0 Å². The highest BCUT2D eigenvalue weighted by Gasteiger charge is 2.20. The Morgan fingerprint density at radius 3 is 2.56 bits per heavy atom. The molecule has 142 valence electrons. The highest BCUT2D eigenvalue weighted by Crippen LogP contribution is 2.14. The monoisotopic (exact) mass is 368 g/mol. The molecular formula is C20H24N4O3. The summed E-state index contributed by atoms with van der Waals surface area (Å²) in [6, 6.07) is 10.6. The van der Waals surface area contributed by atoms with Crippen molar-refractivity contribution in [2.75, 3.05) is 25.5 Å². The van der Waals surface area contributed by atoms with Gasteiger partial charge in [0.15, 0.2) is 0 Å². The fourth-order valence-electron chi connectivity index (χ4n) is 3.15. The molecule has 2 amide bonds. The molecule has 7 nitrogen and oxygen atoms in total. The molecule has 27 heavy (non-hydrogen) atoms. The lowest BCUT2D eigenvalue weighted by atomic mass is 10.0. The third-order valence-electron chi connectivity index (χ3n) is 4.62. The highest BCUT2D eigenvalue weighted by molar-refractivity contribution is 5.92. The summed E-state index contributed by atoms with van der Waals surface area (Å²) >= 11 is 0. The fraction of sp³-hybridized carbons (Fsp3) is 0.350. The van der Waals surface area contributed by atoms with E-state index in [0.717, 1.165) is 32.5 Å². The number of hydrogen-bond acceptors (Lipinski definition) is 5. The summed E-state index contributed by atoms with van der Waals surface area (Å²) in [4.78, 5) is 30.1. The number of likely N-dealkylation sites (tertiary alicyclic amines) is 1. The molecule has 0 unspecified atom stereocenters. The fourth-order valence-corrected chi connectivity index (χ4v) is 3.15. The Hall–Kier alpha value is -2.93. The van der Waals surface area contributed by atoms with Crippen LogP contribution in [0.15, 0.2) is 48.8 Å².